The van der Waals surface area contributed by atoms with Gasteiger partial charge in [-0.05, 0) is 94.4 Å². The lowest BCUT2D eigenvalue weighted by atomic mass is 9.72. The van der Waals surface area contributed by atoms with Crippen molar-refractivity contribution in [3.63, 3.8) is 0 Å². The largest absolute Gasteiger partial charge is 0.444 e. The molecule has 12 nitrogen and oxygen atoms in total. The Bertz CT molecular complexity index is 1460. The average molecular weight is 699 g/mol. The molecule has 1 amide bonds. The highest BCUT2D eigenvalue weighted by molar-refractivity contribution is 5.68. The summed E-state index contributed by atoms with van der Waals surface area (Å²) in [5.74, 6) is 0.362. The molecule has 5 rings (SSSR count). The molecule has 50 heavy (non-hydrogen) atoms. The van der Waals surface area contributed by atoms with Gasteiger partial charge >= 0.3 is 6.09 Å². The first-order chi connectivity index (χ1) is 23.7. The van der Waals surface area contributed by atoms with Gasteiger partial charge in [-0.2, -0.15) is 0 Å². The number of carbonyl (C=O) groups is 1. The fourth-order valence-electron chi connectivity index (χ4n) is 7.47. The molecule has 5 atom stereocenters. The molecule has 3 saturated heterocycles. The minimum absolute atomic E-state index is 0.118. The van der Waals surface area contributed by atoms with Crippen LogP contribution in [0.15, 0.2) is 24.3 Å². The Morgan fingerprint density at radius 2 is 1.86 bits per heavy atom. The van der Waals surface area contributed by atoms with Gasteiger partial charge in [-0.25, -0.2) is 4.79 Å². The maximum atomic E-state index is 12.6. The Morgan fingerprint density at radius 3 is 2.52 bits per heavy atom. The van der Waals surface area contributed by atoms with Crippen molar-refractivity contribution in [2.75, 3.05) is 39.3 Å². The van der Waals surface area contributed by atoms with E-state index in [0.29, 0.717) is 6.42 Å². The first kappa shape index (κ1) is 38.2. The Labute approximate surface area is 296 Å². The molecule has 0 saturated carbocycles. The van der Waals surface area contributed by atoms with E-state index in [1.807, 2.05) is 25.7 Å². The molecular formula is C38H58N4O8. The van der Waals surface area contributed by atoms with Gasteiger partial charge in [0.05, 0.1) is 6.61 Å². The molecule has 0 aliphatic carbocycles. The van der Waals surface area contributed by atoms with Gasteiger partial charge < -0.3 is 44.4 Å². The number of piperidine rings is 2. The van der Waals surface area contributed by atoms with Gasteiger partial charge in [0.15, 0.2) is 0 Å². The molecule has 1 spiro atoms. The fraction of sp³-hybridized carbons (Fsp3) is 0.684. The maximum absolute atomic E-state index is 12.6. The van der Waals surface area contributed by atoms with Gasteiger partial charge in [0.25, 0.3) is 0 Å². The Kier molecular flexibility index (Phi) is 12.3. The first-order valence-electron chi connectivity index (χ1n) is 18.2. The van der Waals surface area contributed by atoms with Crippen molar-refractivity contribution in [2.45, 2.75) is 122 Å². The molecule has 3 aliphatic heterocycles. The zero-order valence-electron chi connectivity index (χ0n) is 30.6. The van der Waals surface area contributed by atoms with E-state index in [1.165, 1.54) is 12.8 Å². The highest BCUT2D eigenvalue weighted by Gasteiger charge is 2.45. The number of hydrogen-bond acceptors (Lipinski definition) is 10. The highest BCUT2D eigenvalue weighted by Crippen LogP contribution is 2.40. The van der Waals surface area contributed by atoms with Gasteiger partial charge in [-0.3, -0.25) is 5.10 Å². The molecule has 4 heterocycles. The van der Waals surface area contributed by atoms with E-state index < -0.39 is 42.9 Å². The van der Waals surface area contributed by atoms with Crippen molar-refractivity contribution in [3.8, 4) is 5.88 Å². The molecule has 1 aromatic heterocycles. The van der Waals surface area contributed by atoms with E-state index in [0.717, 1.165) is 79.9 Å². The van der Waals surface area contributed by atoms with Crippen molar-refractivity contribution in [3.05, 3.63) is 52.2 Å². The van der Waals surface area contributed by atoms with Crippen LogP contribution in [0.4, 0.5) is 4.79 Å². The van der Waals surface area contributed by atoms with Crippen LogP contribution in [0, 0.1) is 12.3 Å². The summed E-state index contributed by atoms with van der Waals surface area (Å²) in [6.07, 6.45) is 3.32. The molecule has 0 radical (unpaired) electrons. The normalized spacial score (nSPS) is 26.2. The first-order valence-corrected chi connectivity index (χ1v) is 18.2. The van der Waals surface area contributed by atoms with E-state index in [4.69, 9.17) is 14.2 Å². The summed E-state index contributed by atoms with van der Waals surface area (Å²) in [6.45, 7) is 16.1. The van der Waals surface area contributed by atoms with Crippen LogP contribution in [0.1, 0.15) is 101 Å². The second-order valence-corrected chi connectivity index (χ2v) is 15.8. The van der Waals surface area contributed by atoms with E-state index >= 15 is 0 Å². The topological polar surface area (TPSA) is 161 Å². The summed E-state index contributed by atoms with van der Waals surface area (Å²) in [5.41, 5.74) is 4.88. The van der Waals surface area contributed by atoms with Crippen molar-refractivity contribution >= 4 is 12.2 Å². The Morgan fingerprint density at radius 1 is 1.12 bits per heavy atom. The number of amides is 1. The summed E-state index contributed by atoms with van der Waals surface area (Å²) in [6, 6.07) is 6.40. The Hall–Kier alpha value is -3.00. The SMILES string of the molecule is Cc1cc(/C=C/CCN2CCCC3(CCN(C(=O)OC(C)(C)C)CC3)C2)ccc1Cc1c(O[C@@H]2O[C@H](CO)[C@@H](O)[C@H](O)[C@H]2O)n[nH]c1C(C)C. The molecule has 1 aromatic carbocycles. The molecule has 3 aliphatic rings. The van der Waals surface area contributed by atoms with Crippen LogP contribution in [0.25, 0.3) is 6.08 Å². The summed E-state index contributed by atoms with van der Waals surface area (Å²) in [7, 11) is 0. The van der Waals surface area contributed by atoms with Crippen molar-refractivity contribution in [1.82, 2.24) is 20.0 Å². The van der Waals surface area contributed by atoms with Crippen LogP contribution in [-0.2, 0) is 15.9 Å². The van der Waals surface area contributed by atoms with E-state index in [-0.39, 0.29) is 23.3 Å². The number of nitrogens with one attached hydrogen (secondary N) is 1. The molecule has 0 bridgehead atoms. The molecule has 5 N–H and O–H groups in total. The number of aromatic nitrogens is 2. The average Bonchev–Trinajstić information content (AvgIpc) is 3.46. The standard InChI is InChI=1S/C38H58N4O8/c1-24(2)30-28(34(40-39-30)49-35-33(46)32(45)31(44)29(22-43)48-35)21-27-12-11-26(20-25(27)3)10-7-8-16-41-17-9-13-38(23-41)14-18-42(19-15-38)36(47)50-37(4,5)6/h7,10-12,20,24,29,31-33,35,43-46H,8-9,13-19,21-23H2,1-6H3,(H,39,40)/b10-7+/t29-,31-,32+,33-,35+/m1/s1. The van der Waals surface area contributed by atoms with Crippen LogP contribution in [-0.4, -0.2) is 122 Å². The second-order valence-electron chi connectivity index (χ2n) is 15.8. The van der Waals surface area contributed by atoms with Gasteiger partial charge in [-0.1, -0.05) is 44.2 Å². The third-order valence-electron chi connectivity index (χ3n) is 10.4. The van der Waals surface area contributed by atoms with E-state index in [2.05, 4.69) is 66.2 Å². The minimum Gasteiger partial charge on any atom is -0.444 e. The highest BCUT2D eigenvalue weighted by atomic mass is 16.7. The van der Waals surface area contributed by atoms with Crippen LogP contribution in [0.5, 0.6) is 5.88 Å². The number of aromatic amines is 1. The smallest absolute Gasteiger partial charge is 0.410 e. The second kappa shape index (κ2) is 16.1. The number of carbonyl (C=O) groups excluding carboxylic acids is 1. The Balaban J connectivity index is 1.15. The zero-order valence-corrected chi connectivity index (χ0v) is 30.6. The monoisotopic (exact) mass is 698 g/mol. The predicted molar refractivity (Wildman–Crippen MR) is 190 cm³/mol. The number of hydrogen-bond donors (Lipinski definition) is 5. The maximum Gasteiger partial charge on any atom is 0.410 e. The number of aliphatic hydroxyl groups is 4. The van der Waals surface area contributed by atoms with E-state index in [9.17, 15) is 25.2 Å². The van der Waals surface area contributed by atoms with Gasteiger partial charge in [0.2, 0.25) is 12.2 Å². The van der Waals surface area contributed by atoms with Crippen LogP contribution in [0.3, 0.4) is 0 Å². The lowest BCUT2D eigenvalue weighted by Gasteiger charge is -2.47. The minimum atomic E-state index is -1.53. The van der Waals surface area contributed by atoms with E-state index in [1.54, 1.807) is 0 Å². The zero-order chi connectivity index (χ0) is 36.2. The van der Waals surface area contributed by atoms with Gasteiger partial charge in [-0.15, -0.1) is 5.10 Å². The predicted octanol–water partition coefficient (Wildman–Crippen LogP) is 4.13. The number of likely N-dealkylation sites (tertiary alicyclic amines) is 2. The van der Waals surface area contributed by atoms with Crippen LogP contribution >= 0.6 is 0 Å². The summed E-state index contributed by atoms with van der Waals surface area (Å²) in [4.78, 5) is 17.0. The molecule has 2 aromatic rings. The van der Waals surface area contributed by atoms with Crippen molar-refractivity contribution in [2.24, 2.45) is 5.41 Å². The molecule has 0 unspecified atom stereocenters. The number of benzene rings is 1. The number of nitrogens with zero attached hydrogens (tertiary/aromatic N) is 3. The number of aryl methyl sites for hydroxylation is 1. The van der Waals surface area contributed by atoms with Crippen molar-refractivity contribution in [1.29, 1.82) is 0 Å². The third kappa shape index (κ3) is 9.26. The number of rotatable bonds is 10. The number of aliphatic hydroxyl groups excluding tert-OH is 4. The quantitative estimate of drug-likeness (QED) is 0.244. The van der Waals surface area contributed by atoms with Crippen LogP contribution < -0.4 is 4.74 Å². The fourth-order valence-corrected chi connectivity index (χ4v) is 7.47. The molecular weight excluding hydrogens is 640 g/mol. The van der Waals surface area contributed by atoms with Gasteiger partial charge in [0, 0.05) is 43.9 Å². The molecule has 12 heteroatoms. The lowest BCUT2D eigenvalue weighted by molar-refractivity contribution is -0.278. The number of H-pyrrole nitrogens is 1. The lowest BCUT2D eigenvalue weighted by Crippen LogP contribution is -2.60. The van der Waals surface area contributed by atoms with Crippen LogP contribution in [0.2, 0.25) is 0 Å². The van der Waals surface area contributed by atoms with Crippen molar-refractivity contribution < 1.29 is 39.4 Å². The summed E-state index contributed by atoms with van der Waals surface area (Å²) in [5, 5.41) is 47.9. The molecule has 278 valence electrons. The summed E-state index contributed by atoms with van der Waals surface area (Å²) < 4.78 is 17.1. The third-order valence-corrected chi connectivity index (χ3v) is 10.4. The number of ether oxygens (including phenoxy) is 3. The summed E-state index contributed by atoms with van der Waals surface area (Å²) >= 11 is 0. The van der Waals surface area contributed by atoms with Gasteiger partial charge in [0.1, 0.15) is 30.0 Å². The molecule has 3 fully saturated rings.